The smallest absolute Gasteiger partial charge is 0.325 e. The number of guanidine groups is 1. The quantitative estimate of drug-likeness (QED) is 0.140. The number of halogens is 9. The maximum Gasteiger partial charge on any atom is 0.435 e. The molecule has 0 radical (unpaired) electrons. The van der Waals surface area contributed by atoms with Crippen LogP contribution in [0.25, 0.3) is 5.69 Å². The molecule has 4 rings (SSSR count). The Balaban J connectivity index is 1.78. The molecule has 1 amide bonds. The van der Waals surface area contributed by atoms with Crippen LogP contribution in [0.1, 0.15) is 21.6 Å². The lowest BCUT2D eigenvalue weighted by Gasteiger charge is -2.14. The van der Waals surface area contributed by atoms with Gasteiger partial charge in [-0.1, -0.05) is 29.3 Å². The number of carbonyl (C=O) groups excluding carboxylic acids is 1. The van der Waals surface area contributed by atoms with Gasteiger partial charge in [0.1, 0.15) is 11.6 Å². The van der Waals surface area contributed by atoms with Gasteiger partial charge in [0.05, 0.1) is 11.3 Å². The van der Waals surface area contributed by atoms with Crippen molar-refractivity contribution in [2.45, 2.75) is 12.4 Å². The van der Waals surface area contributed by atoms with Crippen LogP contribution in [0, 0.1) is 5.82 Å². The monoisotopic (exact) mass is 603 g/mol. The van der Waals surface area contributed by atoms with E-state index < -0.39 is 41.3 Å². The molecule has 4 aromatic rings. The Bertz CT molecular complexity index is 1560. The topological polar surface area (TPSA) is 71.3 Å². The number of rotatable bonds is 4. The number of aliphatic imine (C=N–C) groups is 1. The van der Waals surface area contributed by atoms with Crippen LogP contribution in [0.2, 0.25) is 10.0 Å². The number of anilines is 2. The Labute approximate surface area is 231 Å². The van der Waals surface area contributed by atoms with E-state index in [9.17, 15) is 35.5 Å². The summed E-state index contributed by atoms with van der Waals surface area (Å²) in [5, 5.41) is 8.76. The zero-order chi connectivity index (χ0) is 29.2. The lowest BCUT2D eigenvalue weighted by Crippen LogP contribution is -2.25. The minimum absolute atomic E-state index is 0.0543. The van der Waals surface area contributed by atoms with E-state index in [2.05, 4.69) is 20.7 Å². The van der Waals surface area contributed by atoms with Crippen LogP contribution in [-0.4, -0.2) is 21.6 Å². The molecule has 2 N–H and O–H groups in total. The Hall–Kier alpha value is -4.10. The van der Waals surface area contributed by atoms with Crippen LogP contribution in [0.5, 0.6) is 0 Å². The first-order valence-electron chi connectivity index (χ1n) is 10.9. The molecule has 0 aliphatic rings. The van der Waals surface area contributed by atoms with Crippen LogP contribution in [0.4, 0.5) is 42.2 Å². The summed E-state index contributed by atoms with van der Waals surface area (Å²) >= 11 is 11.8. The summed E-state index contributed by atoms with van der Waals surface area (Å²) in [6, 6.07) is 12.6. The van der Waals surface area contributed by atoms with Crippen LogP contribution in [0.15, 0.2) is 77.8 Å². The van der Waals surface area contributed by atoms with E-state index in [0.717, 1.165) is 28.9 Å². The van der Waals surface area contributed by atoms with Gasteiger partial charge in [-0.2, -0.15) is 36.4 Å². The number of hydrogen-bond acceptors (Lipinski definition) is 2. The van der Waals surface area contributed by atoms with Gasteiger partial charge in [-0.25, -0.2) is 9.07 Å². The SMILES string of the molecule is O=C(/N=C(/Nc1cc(F)cc(Cl)c1)Nc1cc(C(F)(F)F)nn1-c1cccc(Cl)c1)c1ccc(C(F)(F)F)cc1. The molecule has 0 saturated carbocycles. The molecular weight excluding hydrogens is 590 g/mol. The Morgan fingerprint density at radius 3 is 2.12 bits per heavy atom. The Morgan fingerprint density at radius 2 is 1.52 bits per heavy atom. The van der Waals surface area contributed by atoms with Gasteiger partial charge in [0.25, 0.3) is 5.91 Å². The van der Waals surface area contributed by atoms with Crippen molar-refractivity contribution < 1.29 is 35.5 Å². The molecule has 0 saturated heterocycles. The fourth-order valence-electron chi connectivity index (χ4n) is 3.35. The molecule has 0 spiro atoms. The summed E-state index contributed by atoms with van der Waals surface area (Å²) in [6.45, 7) is 0. The van der Waals surface area contributed by atoms with Crippen LogP contribution >= 0.6 is 23.2 Å². The van der Waals surface area contributed by atoms with Gasteiger partial charge in [0.15, 0.2) is 5.69 Å². The number of alkyl halides is 6. The normalized spacial score (nSPS) is 12.4. The standard InChI is InChI=1S/C25H14Cl2F7N5O/c26-15-2-1-3-19(10-15)39-21(12-20(38-39)25(32,33)34)36-23(35-18-9-16(27)8-17(28)11-18)37-22(40)13-4-6-14(7-5-13)24(29,30)31/h1-12H,(H2,35,36,37,40). The van der Waals surface area contributed by atoms with E-state index in [0.29, 0.717) is 18.2 Å². The second kappa shape index (κ2) is 11.2. The number of hydrogen-bond donors (Lipinski definition) is 2. The second-order valence-corrected chi connectivity index (χ2v) is 8.93. The average molecular weight is 604 g/mol. The third-order valence-corrected chi connectivity index (χ3v) is 5.55. The molecule has 3 aromatic carbocycles. The first-order valence-corrected chi connectivity index (χ1v) is 11.7. The van der Waals surface area contributed by atoms with Gasteiger partial charge < -0.3 is 10.6 Å². The zero-order valence-electron chi connectivity index (χ0n) is 19.6. The van der Waals surface area contributed by atoms with Crippen molar-refractivity contribution in [3.63, 3.8) is 0 Å². The molecule has 40 heavy (non-hydrogen) atoms. The minimum atomic E-state index is -4.86. The van der Waals surface area contributed by atoms with Crippen molar-refractivity contribution in [1.29, 1.82) is 0 Å². The number of nitrogens with one attached hydrogen (secondary N) is 2. The third kappa shape index (κ3) is 7.10. The summed E-state index contributed by atoms with van der Waals surface area (Å²) in [7, 11) is 0. The predicted octanol–water partition coefficient (Wildman–Crippen LogP) is 8.08. The fourth-order valence-corrected chi connectivity index (χ4v) is 3.76. The van der Waals surface area contributed by atoms with E-state index in [4.69, 9.17) is 23.2 Å². The number of aromatic nitrogens is 2. The van der Waals surface area contributed by atoms with Crippen LogP contribution in [-0.2, 0) is 12.4 Å². The van der Waals surface area contributed by atoms with E-state index in [1.54, 1.807) is 0 Å². The molecule has 0 fully saturated rings. The van der Waals surface area contributed by atoms with E-state index in [-0.39, 0.29) is 32.8 Å². The number of carbonyl (C=O) groups is 1. The van der Waals surface area contributed by atoms with E-state index in [1.165, 1.54) is 30.3 Å². The van der Waals surface area contributed by atoms with Crippen LogP contribution in [0.3, 0.4) is 0 Å². The Morgan fingerprint density at radius 1 is 0.825 bits per heavy atom. The van der Waals surface area contributed by atoms with Crippen molar-refractivity contribution >= 4 is 46.6 Å². The van der Waals surface area contributed by atoms with Gasteiger partial charge in [0.2, 0.25) is 5.96 Å². The molecule has 6 nitrogen and oxygen atoms in total. The maximum atomic E-state index is 13.9. The molecule has 0 bridgehead atoms. The summed E-state index contributed by atoms with van der Waals surface area (Å²) in [4.78, 5) is 16.6. The molecule has 208 valence electrons. The fraction of sp³-hybridized carbons (Fsp3) is 0.0800. The van der Waals surface area contributed by atoms with E-state index in [1.807, 2.05) is 0 Å². The number of amides is 1. The Kier molecular flexibility index (Phi) is 8.08. The lowest BCUT2D eigenvalue weighted by atomic mass is 10.1. The van der Waals surface area contributed by atoms with Crippen molar-refractivity contribution in [3.8, 4) is 5.69 Å². The van der Waals surface area contributed by atoms with Gasteiger partial charge in [-0.3, -0.25) is 4.79 Å². The number of benzene rings is 3. The highest BCUT2D eigenvalue weighted by atomic mass is 35.5. The van der Waals surface area contributed by atoms with Crippen molar-refractivity contribution in [2.75, 3.05) is 10.6 Å². The minimum Gasteiger partial charge on any atom is -0.325 e. The predicted molar refractivity (Wildman–Crippen MR) is 135 cm³/mol. The molecule has 15 heteroatoms. The van der Waals surface area contributed by atoms with Crippen molar-refractivity contribution in [1.82, 2.24) is 9.78 Å². The number of nitrogens with zero attached hydrogens (tertiary/aromatic N) is 3. The largest absolute Gasteiger partial charge is 0.435 e. The van der Waals surface area contributed by atoms with Gasteiger partial charge in [-0.05, 0) is 60.7 Å². The zero-order valence-corrected chi connectivity index (χ0v) is 21.1. The highest BCUT2D eigenvalue weighted by molar-refractivity contribution is 6.31. The summed E-state index contributed by atoms with van der Waals surface area (Å²) < 4.78 is 94.1. The molecule has 1 heterocycles. The lowest BCUT2D eigenvalue weighted by molar-refractivity contribution is -0.141. The first-order chi connectivity index (χ1) is 18.7. The van der Waals surface area contributed by atoms with Crippen molar-refractivity contribution in [3.05, 3.63) is 105 Å². The molecule has 0 atom stereocenters. The second-order valence-electron chi connectivity index (χ2n) is 8.05. The maximum absolute atomic E-state index is 13.9. The van der Waals surface area contributed by atoms with E-state index >= 15 is 0 Å². The first kappa shape index (κ1) is 28.9. The molecular formula is C25H14Cl2F7N5O. The average Bonchev–Trinajstić information content (AvgIpc) is 3.27. The summed E-state index contributed by atoms with van der Waals surface area (Å²) in [6.07, 6.45) is -9.51. The highest BCUT2D eigenvalue weighted by Gasteiger charge is 2.35. The molecule has 0 aliphatic carbocycles. The highest BCUT2D eigenvalue weighted by Crippen LogP contribution is 2.32. The molecule has 0 unspecified atom stereocenters. The van der Waals surface area contributed by atoms with Gasteiger partial charge in [-0.15, -0.1) is 0 Å². The van der Waals surface area contributed by atoms with Crippen LogP contribution < -0.4 is 10.6 Å². The summed E-state index contributed by atoms with van der Waals surface area (Å²) in [5.41, 5.74) is -2.54. The van der Waals surface area contributed by atoms with Gasteiger partial charge in [0, 0.05) is 27.4 Å². The molecule has 0 aliphatic heterocycles. The van der Waals surface area contributed by atoms with Gasteiger partial charge >= 0.3 is 12.4 Å². The third-order valence-electron chi connectivity index (χ3n) is 5.10. The molecule has 1 aromatic heterocycles. The van der Waals surface area contributed by atoms with Crippen molar-refractivity contribution in [2.24, 2.45) is 4.99 Å². The summed E-state index contributed by atoms with van der Waals surface area (Å²) in [5.74, 6) is -2.73.